The Kier molecular flexibility index (Phi) is 2.73. The Balaban J connectivity index is 2.14. The smallest absolute Gasteiger partial charge is 0.269 e. The van der Waals surface area contributed by atoms with Gasteiger partial charge in [-0.15, -0.1) is 10.2 Å². The molecule has 16 heavy (non-hydrogen) atoms. The molecule has 2 aromatic heterocycles. The largest absolute Gasteiger partial charge is 0.364 e. The van der Waals surface area contributed by atoms with Crippen molar-refractivity contribution in [3.05, 3.63) is 42.2 Å². The fourth-order valence-corrected chi connectivity index (χ4v) is 1.10. The quantitative estimate of drug-likeness (QED) is 0.786. The summed E-state index contributed by atoms with van der Waals surface area (Å²) < 4.78 is 0. The number of aromatic nitrogens is 3. The highest BCUT2D eigenvalue weighted by Crippen LogP contribution is 2.09. The Bertz CT molecular complexity index is 482. The number of rotatable bonds is 3. The molecule has 0 aromatic carbocycles. The van der Waals surface area contributed by atoms with E-state index in [1.807, 2.05) is 12.1 Å². The van der Waals surface area contributed by atoms with E-state index in [0.717, 1.165) is 0 Å². The van der Waals surface area contributed by atoms with Crippen LogP contribution in [0.3, 0.4) is 0 Å². The van der Waals surface area contributed by atoms with Crippen molar-refractivity contribution in [3.8, 4) is 0 Å². The van der Waals surface area contributed by atoms with Crippen LogP contribution in [-0.2, 0) is 0 Å². The van der Waals surface area contributed by atoms with E-state index in [1.165, 1.54) is 6.07 Å². The molecule has 0 spiro atoms. The van der Waals surface area contributed by atoms with Crippen molar-refractivity contribution in [1.82, 2.24) is 15.2 Å². The third kappa shape index (κ3) is 2.30. The minimum absolute atomic E-state index is 0.131. The third-order valence-corrected chi connectivity index (χ3v) is 1.84. The lowest BCUT2D eigenvalue weighted by Crippen LogP contribution is -2.13. The van der Waals surface area contributed by atoms with Crippen LogP contribution in [0, 0.1) is 0 Å². The molecule has 0 aliphatic carbocycles. The highest BCUT2D eigenvalue weighted by atomic mass is 16.1. The molecule has 2 aromatic rings. The van der Waals surface area contributed by atoms with E-state index in [9.17, 15) is 4.79 Å². The molecule has 0 unspecified atom stereocenters. The van der Waals surface area contributed by atoms with E-state index in [0.29, 0.717) is 11.6 Å². The summed E-state index contributed by atoms with van der Waals surface area (Å²) in [7, 11) is 0. The van der Waals surface area contributed by atoms with Crippen LogP contribution in [-0.4, -0.2) is 21.1 Å². The molecule has 2 heterocycles. The summed E-state index contributed by atoms with van der Waals surface area (Å²) in [4.78, 5) is 14.8. The fourth-order valence-electron chi connectivity index (χ4n) is 1.10. The molecule has 1 amide bonds. The summed E-state index contributed by atoms with van der Waals surface area (Å²) in [5.41, 5.74) is 5.17. The van der Waals surface area contributed by atoms with Crippen LogP contribution in [0.15, 0.2) is 36.5 Å². The number of pyridine rings is 1. The molecule has 0 radical (unpaired) electrons. The Hall–Kier alpha value is -2.50. The van der Waals surface area contributed by atoms with Crippen molar-refractivity contribution in [2.45, 2.75) is 0 Å². The molecule has 80 valence electrons. The summed E-state index contributed by atoms with van der Waals surface area (Å²) in [5.74, 6) is 0.559. The van der Waals surface area contributed by atoms with Gasteiger partial charge in [0.15, 0.2) is 11.5 Å². The Morgan fingerprint density at radius 2 is 2.00 bits per heavy atom. The zero-order chi connectivity index (χ0) is 11.4. The van der Waals surface area contributed by atoms with Gasteiger partial charge in [-0.25, -0.2) is 4.98 Å². The number of nitrogens with one attached hydrogen (secondary N) is 1. The average molecular weight is 215 g/mol. The highest BCUT2D eigenvalue weighted by Gasteiger charge is 2.03. The molecule has 0 atom stereocenters. The second-order valence-corrected chi connectivity index (χ2v) is 3.01. The molecule has 3 N–H and O–H groups in total. The van der Waals surface area contributed by atoms with Crippen molar-refractivity contribution in [2.75, 3.05) is 5.32 Å². The predicted molar refractivity (Wildman–Crippen MR) is 58.1 cm³/mol. The molecule has 0 fully saturated rings. The molecular formula is C10H9N5O. The molecule has 6 heteroatoms. The Labute approximate surface area is 91.5 Å². The highest BCUT2D eigenvalue weighted by molar-refractivity contribution is 5.90. The van der Waals surface area contributed by atoms with Gasteiger partial charge in [-0.05, 0) is 24.3 Å². The average Bonchev–Trinajstić information content (AvgIpc) is 2.31. The minimum atomic E-state index is -0.600. The first-order chi connectivity index (χ1) is 7.75. The second-order valence-electron chi connectivity index (χ2n) is 3.01. The molecular weight excluding hydrogens is 206 g/mol. The first-order valence-electron chi connectivity index (χ1n) is 4.57. The summed E-state index contributed by atoms with van der Waals surface area (Å²) in [6.07, 6.45) is 1.66. The van der Waals surface area contributed by atoms with Crippen LogP contribution in [0.25, 0.3) is 0 Å². The number of hydrogen-bond acceptors (Lipinski definition) is 5. The topological polar surface area (TPSA) is 93.8 Å². The number of carbonyl (C=O) groups excluding carboxylic acids is 1. The van der Waals surface area contributed by atoms with Crippen LogP contribution < -0.4 is 11.1 Å². The van der Waals surface area contributed by atoms with E-state index in [4.69, 9.17) is 5.73 Å². The zero-order valence-electron chi connectivity index (χ0n) is 8.29. The monoisotopic (exact) mass is 215 g/mol. The van der Waals surface area contributed by atoms with Crippen LogP contribution >= 0.6 is 0 Å². The van der Waals surface area contributed by atoms with Crippen molar-refractivity contribution >= 4 is 17.5 Å². The maximum absolute atomic E-state index is 10.8. The first-order valence-corrected chi connectivity index (χ1v) is 4.57. The van der Waals surface area contributed by atoms with E-state index >= 15 is 0 Å². The number of nitrogens with zero attached hydrogens (tertiary/aromatic N) is 3. The second kappa shape index (κ2) is 4.35. The van der Waals surface area contributed by atoms with Gasteiger partial charge in [-0.3, -0.25) is 4.79 Å². The number of primary amides is 1. The van der Waals surface area contributed by atoms with Gasteiger partial charge in [0.05, 0.1) is 0 Å². The number of anilines is 2. The van der Waals surface area contributed by atoms with Gasteiger partial charge in [-0.2, -0.15) is 0 Å². The summed E-state index contributed by atoms with van der Waals surface area (Å²) in [5, 5.41) is 10.4. The first kappa shape index (κ1) is 10.0. The lowest BCUT2D eigenvalue weighted by atomic mass is 10.3. The predicted octanol–water partition coefficient (Wildman–Crippen LogP) is 0.714. The summed E-state index contributed by atoms with van der Waals surface area (Å²) in [6, 6.07) is 8.57. The maximum Gasteiger partial charge on any atom is 0.269 e. The Morgan fingerprint density at radius 1 is 1.12 bits per heavy atom. The molecule has 0 aliphatic heterocycles. The molecule has 2 rings (SSSR count). The summed E-state index contributed by atoms with van der Waals surface area (Å²) >= 11 is 0. The maximum atomic E-state index is 10.8. The minimum Gasteiger partial charge on any atom is -0.364 e. The lowest BCUT2D eigenvalue weighted by Gasteiger charge is -2.02. The molecule has 0 aliphatic rings. The molecule has 0 saturated heterocycles. The van der Waals surface area contributed by atoms with Crippen molar-refractivity contribution < 1.29 is 4.79 Å². The normalized spacial score (nSPS) is 9.75. The van der Waals surface area contributed by atoms with Gasteiger partial charge in [0, 0.05) is 6.20 Å². The molecule has 6 nitrogen and oxygen atoms in total. The van der Waals surface area contributed by atoms with Gasteiger partial charge in [0.1, 0.15) is 5.82 Å². The van der Waals surface area contributed by atoms with E-state index in [2.05, 4.69) is 20.5 Å². The van der Waals surface area contributed by atoms with Crippen LogP contribution in [0.1, 0.15) is 10.5 Å². The number of carbonyl (C=O) groups is 1. The molecule has 0 bridgehead atoms. The third-order valence-electron chi connectivity index (χ3n) is 1.84. The van der Waals surface area contributed by atoms with Crippen LogP contribution in [0.2, 0.25) is 0 Å². The zero-order valence-corrected chi connectivity index (χ0v) is 8.29. The fraction of sp³-hybridized carbons (Fsp3) is 0. The Morgan fingerprint density at radius 3 is 2.56 bits per heavy atom. The number of hydrogen-bond donors (Lipinski definition) is 2. The van der Waals surface area contributed by atoms with Crippen molar-refractivity contribution in [2.24, 2.45) is 5.73 Å². The van der Waals surface area contributed by atoms with Crippen LogP contribution in [0.5, 0.6) is 0 Å². The van der Waals surface area contributed by atoms with E-state index < -0.39 is 5.91 Å². The van der Waals surface area contributed by atoms with Gasteiger partial charge in [0.25, 0.3) is 5.91 Å². The number of nitrogens with two attached hydrogens (primary N) is 1. The van der Waals surface area contributed by atoms with Crippen molar-refractivity contribution in [1.29, 1.82) is 0 Å². The van der Waals surface area contributed by atoms with Gasteiger partial charge in [0.2, 0.25) is 0 Å². The van der Waals surface area contributed by atoms with Crippen LogP contribution in [0.4, 0.5) is 11.6 Å². The van der Waals surface area contributed by atoms with Gasteiger partial charge < -0.3 is 11.1 Å². The summed E-state index contributed by atoms with van der Waals surface area (Å²) in [6.45, 7) is 0. The van der Waals surface area contributed by atoms with E-state index in [1.54, 1.807) is 18.3 Å². The standard InChI is InChI=1S/C10H9N5O/c11-10(16)7-4-5-9(15-14-7)13-8-3-1-2-6-12-8/h1-6H,(H2,11,16)(H,12,13,15). The SMILES string of the molecule is NC(=O)c1ccc(Nc2ccccn2)nn1. The van der Waals surface area contributed by atoms with Gasteiger partial charge in [-0.1, -0.05) is 6.07 Å². The molecule has 0 saturated carbocycles. The van der Waals surface area contributed by atoms with E-state index in [-0.39, 0.29) is 5.69 Å². The van der Waals surface area contributed by atoms with Gasteiger partial charge >= 0.3 is 0 Å². The van der Waals surface area contributed by atoms with Crippen molar-refractivity contribution in [3.63, 3.8) is 0 Å². The lowest BCUT2D eigenvalue weighted by molar-refractivity contribution is 0.0994. The number of amides is 1.